The molecule has 0 unspecified atom stereocenters. The van der Waals surface area contributed by atoms with Crippen LogP contribution in [0.5, 0.6) is 5.75 Å². The second kappa shape index (κ2) is 5.94. The van der Waals surface area contributed by atoms with Gasteiger partial charge in [0.15, 0.2) is 0 Å². The van der Waals surface area contributed by atoms with Crippen LogP contribution in [0, 0.1) is 0 Å². The molecule has 0 aliphatic heterocycles. The zero-order chi connectivity index (χ0) is 14.7. The third-order valence-electron chi connectivity index (χ3n) is 3.23. The maximum Gasteiger partial charge on any atom is 0.128 e. The number of para-hydroxylation sites is 1. The number of hydrogen-bond acceptors (Lipinski definition) is 3. The summed E-state index contributed by atoms with van der Waals surface area (Å²) < 4.78 is 5.43. The maximum atomic E-state index is 5.95. The van der Waals surface area contributed by atoms with Crippen molar-refractivity contribution in [2.75, 3.05) is 7.11 Å². The lowest BCUT2D eigenvalue weighted by atomic mass is 10.0. The lowest BCUT2D eigenvalue weighted by molar-refractivity contribution is 0.416. The molecule has 0 fully saturated rings. The largest absolute Gasteiger partial charge is 0.496 e. The zero-order valence-corrected chi connectivity index (χ0v) is 12.2. The molecule has 0 aliphatic rings. The molecule has 1 heterocycles. The van der Waals surface area contributed by atoms with Crippen molar-refractivity contribution < 1.29 is 4.74 Å². The first-order chi connectivity index (χ1) is 10.3. The highest BCUT2D eigenvalue weighted by Crippen LogP contribution is 2.35. The second-order valence-electron chi connectivity index (χ2n) is 4.49. The van der Waals surface area contributed by atoms with E-state index in [0.717, 1.165) is 28.1 Å². The number of aromatic nitrogens is 2. The van der Waals surface area contributed by atoms with Crippen molar-refractivity contribution in [2.24, 2.45) is 0 Å². The highest BCUT2D eigenvalue weighted by Gasteiger charge is 2.12. The first-order valence-electron chi connectivity index (χ1n) is 6.49. The molecular formula is C17H13ClN2O. The van der Waals surface area contributed by atoms with Gasteiger partial charge in [0.2, 0.25) is 0 Å². The smallest absolute Gasteiger partial charge is 0.128 e. The minimum Gasteiger partial charge on any atom is -0.496 e. The van der Waals surface area contributed by atoms with Crippen LogP contribution in [0.25, 0.3) is 22.4 Å². The van der Waals surface area contributed by atoms with Crippen molar-refractivity contribution in [1.82, 2.24) is 9.97 Å². The molecular weight excluding hydrogens is 284 g/mol. The van der Waals surface area contributed by atoms with Gasteiger partial charge in [-0.05, 0) is 29.8 Å². The molecule has 0 spiro atoms. The highest BCUT2D eigenvalue weighted by atomic mass is 35.5. The fourth-order valence-electron chi connectivity index (χ4n) is 2.23. The average Bonchev–Trinajstić information content (AvgIpc) is 2.55. The molecule has 0 bridgehead atoms. The quantitative estimate of drug-likeness (QED) is 0.715. The van der Waals surface area contributed by atoms with Crippen LogP contribution < -0.4 is 4.74 Å². The maximum absolute atomic E-state index is 5.95. The van der Waals surface area contributed by atoms with Gasteiger partial charge in [0.05, 0.1) is 12.8 Å². The number of nitrogens with zero attached hydrogens (tertiary/aromatic N) is 2. The fraction of sp³-hybridized carbons (Fsp3) is 0.0588. The summed E-state index contributed by atoms with van der Waals surface area (Å²) in [5.41, 5.74) is 3.73. The van der Waals surface area contributed by atoms with E-state index < -0.39 is 0 Å². The zero-order valence-electron chi connectivity index (χ0n) is 11.5. The Morgan fingerprint density at radius 3 is 2.48 bits per heavy atom. The Balaban J connectivity index is 2.18. The summed E-state index contributed by atoms with van der Waals surface area (Å²) in [6, 6.07) is 15.4. The van der Waals surface area contributed by atoms with Crippen molar-refractivity contribution in [2.45, 2.75) is 0 Å². The van der Waals surface area contributed by atoms with E-state index in [0.29, 0.717) is 5.02 Å². The van der Waals surface area contributed by atoms with E-state index in [9.17, 15) is 0 Å². The summed E-state index contributed by atoms with van der Waals surface area (Å²) >= 11 is 5.95. The lowest BCUT2D eigenvalue weighted by Gasteiger charge is -2.11. The van der Waals surface area contributed by atoms with E-state index in [1.54, 1.807) is 19.6 Å². The van der Waals surface area contributed by atoms with Crippen LogP contribution in [-0.2, 0) is 0 Å². The molecule has 21 heavy (non-hydrogen) atoms. The van der Waals surface area contributed by atoms with Crippen molar-refractivity contribution in [3.05, 3.63) is 66.1 Å². The van der Waals surface area contributed by atoms with Gasteiger partial charge < -0.3 is 4.74 Å². The second-order valence-corrected chi connectivity index (χ2v) is 4.93. The molecule has 3 nitrogen and oxygen atoms in total. The summed E-state index contributed by atoms with van der Waals surface area (Å²) in [5.74, 6) is 0.784. The van der Waals surface area contributed by atoms with E-state index >= 15 is 0 Å². The molecule has 4 heteroatoms. The number of methoxy groups -OCH3 is 1. The Labute approximate surface area is 128 Å². The van der Waals surface area contributed by atoms with E-state index in [4.69, 9.17) is 16.3 Å². The minimum absolute atomic E-state index is 0.703. The van der Waals surface area contributed by atoms with Gasteiger partial charge in [-0.25, -0.2) is 9.97 Å². The first kappa shape index (κ1) is 13.6. The fourth-order valence-corrected chi connectivity index (χ4v) is 2.35. The molecule has 2 aromatic carbocycles. The van der Waals surface area contributed by atoms with Gasteiger partial charge in [0.1, 0.15) is 12.1 Å². The number of benzene rings is 2. The molecule has 0 aliphatic carbocycles. The molecule has 3 rings (SSSR count). The van der Waals surface area contributed by atoms with Crippen LogP contribution in [0.2, 0.25) is 5.02 Å². The summed E-state index contributed by atoms with van der Waals surface area (Å²) in [5, 5.41) is 0.703. The van der Waals surface area contributed by atoms with Gasteiger partial charge in [-0.15, -0.1) is 0 Å². The minimum atomic E-state index is 0.703. The first-order valence-corrected chi connectivity index (χ1v) is 6.86. The van der Waals surface area contributed by atoms with Crippen molar-refractivity contribution in [1.29, 1.82) is 0 Å². The molecule has 104 valence electrons. The van der Waals surface area contributed by atoms with Gasteiger partial charge in [-0.2, -0.15) is 0 Å². The Hall–Kier alpha value is -2.39. The summed E-state index contributed by atoms with van der Waals surface area (Å²) in [6.45, 7) is 0. The predicted octanol–water partition coefficient (Wildman–Crippen LogP) is 4.47. The van der Waals surface area contributed by atoms with Gasteiger partial charge in [-0.3, -0.25) is 0 Å². The lowest BCUT2D eigenvalue weighted by Crippen LogP contribution is -1.94. The van der Waals surface area contributed by atoms with Crippen LogP contribution in [-0.4, -0.2) is 17.1 Å². The number of hydrogen-bond donors (Lipinski definition) is 0. The number of halogens is 1. The van der Waals surface area contributed by atoms with Crippen molar-refractivity contribution in [3.8, 4) is 28.1 Å². The molecule has 3 aromatic rings. The van der Waals surface area contributed by atoms with Crippen LogP contribution in [0.3, 0.4) is 0 Å². The molecule has 0 N–H and O–H groups in total. The monoisotopic (exact) mass is 296 g/mol. The molecule has 0 radical (unpaired) electrons. The Morgan fingerprint density at radius 2 is 1.71 bits per heavy atom. The summed E-state index contributed by atoms with van der Waals surface area (Å²) in [7, 11) is 1.65. The standard InChI is InChI=1S/C17H13ClN2O/c1-21-16-5-3-2-4-14(16)17-15(10-19-11-20-17)12-6-8-13(18)9-7-12/h2-11H,1H3. The van der Waals surface area contributed by atoms with E-state index in [-0.39, 0.29) is 0 Å². The van der Waals surface area contributed by atoms with Crippen LogP contribution >= 0.6 is 11.6 Å². The predicted molar refractivity (Wildman–Crippen MR) is 84.5 cm³/mol. The average molecular weight is 297 g/mol. The molecule has 1 aromatic heterocycles. The van der Waals surface area contributed by atoms with Crippen molar-refractivity contribution >= 4 is 11.6 Å². The topological polar surface area (TPSA) is 35.0 Å². The Morgan fingerprint density at radius 1 is 0.952 bits per heavy atom. The number of rotatable bonds is 3. The molecule has 0 saturated carbocycles. The van der Waals surface area contributed by atoms with Gasteiger partial charge >= 0.3 is 0 Å². The highest BCUT2D eigenvalue weighted by molar-refractivity contribution is 6.30. The van der Waals surface area contributed by atoms with Crippen molar-refractivity contribution in [3.63, 3.8) is 0 Å². The molecule has 0 atom stereocenters. The normalized spacial score (nSPS) is 10.4. The molecule has 0 amide bonds. The summed E-state index contributed by atoms with van der Waals surface area (Å²) in [6.07, 6.45) is 3.35. The van der Waals surface area contributed by atoms with Gasteiger partial charge in [0, 0.05) is 22.3 Å². The summed E-state index contributed by atoms with van der Waals surface area (Å²) in [4.78, 5) is 8.57. The van der Waals surface area contributed by atoms with E-state index in [2.05, 4.69) is 9.97 Å². The van der Waals surface area contributed by atoms with Crippen LogP contribution in [0.15, 0.2) is 61.1 Å². The van der Waals surface area contributed by atoms with Gasteiger partial charge in [-0.1, -0.05) is 35.9 Å². The van der Waals surface area contributed by atoms with Crippen LogP contribution in [0.4, 0.5) is 0 Å². The number of ether oxygens (including phenoxy) is 1. The SMILES string of the molecule is COc1ccccc1-c1ncncc1-c1ccc(Cl)cc1. The Kier molecular flexibility index (Phi) is 3.84. The Bertz CT molecular complexity index is 757. The van der Waals surface area contributed by atoms with Gasteiger partial charge in [0.25, 0.3) is 0 Å². The van der Waals surface area contributed by atoms with Crippen LogP contribution in [0.1, 0.15) is 0 Å². The van der Waals surface area contributed by atoms with E-state index in [1.807, 2.05) is 48.5 Å². The van der Waals surface area contributed by atoms with E-state index in [1.165, 1.54) is 0 Å². The molecule has 0 saturated heterocycles. The third-order valence-corrected chi connectivity index (χ3v) is 3.48. The third kappa shape index (κ3) is 2.73.